The molecule has 5 nitrogen and oxygen atoms in total. The molecule has 0 aliphatic carbocycles. The van der Waals surface area contributed by atoms with Gasteiger partial charge >= 0.3 is 0 Å². The Bertz CT molecular complexity index is 830. The van der Waals surface area contributed by atoms with E-state index in [4.69, 9.17) is 0 Å². The Morgan fingerprint density at radius 2 is 1.80 bits per heavy atom. The van der Waals surface area contributed by atoms with Crippen molar-refractivity contribution in [1.82, 2.24) is 9.29 Å². The maximum Gasteiger partial charge on any atom is 0.246 e. The number of anilines is 1. The molecular formula is C19H25N3O2S. The van der Waals surface area contributed by atoms with Crippen LogP contribution < -0.4 is 5.32 Å². The van der Waals surface area contributed by atoms with Crippen molar-refractivity contribution in [3.05, 3.63) is 53.7 Å². The quantitative estimate of drug-likeness (QED) is 0.883. The minimum absolute atomic E-state index is 0.0357. The third kappa shape index (κ3) is 3.85. The van der Waals surface area contributed by atoms with Gasteiger partial charge in [-0.15, -0.1) is 0 Å². The molecule has 1 aliphatic rings. The largest absolute Gasteiger partial charge is 0.362 e. The van der Waals surface area contributed by atoms with Crippen molar-refractivity contribution in [3.63, 3.8) is 0 Å². The van der Waals surface area contributed by atoms with Crippen LogP contribution >= 0.6 is 0 Å². The van der Waals surface area contributed by atoms with E-state index in [-0.39, 0.29) is 10.9 Å². The van der Waals surface area contributed by atoms with E-state index < -0.39 is 10.0 Å². The standard InChI is InChI=1S/C19H25N3O2S/c1-15-9-4-5-10-17(15)16(2)21-19-18(11-8-12-20-19)25(23,24)22-13-6-3-7-14-22/h4-5,8-12,16H,3,6-7,13-14H2,1-2H3,(H,20,21)/t16-/m0/s1. The third-order valence-electron chi connectivity index (χ3n) is 4.71. The summed E-state index contributed by atoms with van der Waals surface area (Å²) in [7, 11) is -3.52. The number of nitrogens with zero attached hydrogens (tertiary/aromatic N) is 2. The summed E-state index contributed by atoms with van der Waals surface area (Å²) in [6.45, 7) is 5.25. The summed E-state index contributed by atoms with van der Waals surface area (Å²) in [5, 5.41) is 3.30. The van der Waals surface area contributed by atoms with E-state index in [2.05, 4.69) is 29.4 Å². The van der Waals surface area contributed by atoms with Crippen LogP contribution in [0, 0.1) is 6.92 Å². The van der Waals surface area contributed by atoms with Crippen LogP contribution in [0.15, 0.2) is 47.5 Å². The first kappa shape index (κ1) is 17.9. The minimum atomic E-state index is -3.52. The van der Waals surface area contributed by atoms with E-state index in [1.165, 1.54) is 5.56 Å². The van der Waals surface area contributed by atoms with Crippen molar-refractivity contribution in [2.45, 2.75) is 44.0 Å². The summed E-state index contributed by atoms with van der Waals surface area (Å²) in [5.74, 6) is 0.420. The lowest BCUT2D eigenvalue weighted by Crippen LogP contribution is -2.36. The number of benzene rings is 1. The molecule has 1 N–H and O–H groups in total. The molecule has 3 rings (SSSR count). The second-order valence-electron chi connectivity index (χ2n) is 6.54. The first-order valence-electron chi connectivity index (χ1n) is 8.77. The lowest BCUT2D eigenvalue weighted by Gasteiger charge is -2.27. The van der Waals surface area contributed by atoms with Crippen LogP contribution in [0.25, 0.3) is 0 Å². The lowest BCUT2D eigenvalue weighted by atomic mass is 10.0. The van der Waals surface area contributed by atoms with Gasteiger partial charge in [0.2, 0.25) is 10.0 Å². The van der Waals surface area contributed by atoms with Gasteiger partial charge in [-0.2, -0.15) is 4.31 Å². The number of pyridine rings is 1. The fraction of sp³-hybridized carbons (Fsp3) is 0.421. The molecule has 2 heterocycles. The molecule has 0 radical (unpaired) electrons. The molecule has 1 fully saturated rings. The van der Waals surface area contributed by atoms with Gasteiger partial charge in [0.25, 0.3) is 0 Å². The van der Waals surface area contributed by atoms with Gasteiger partial charge in [0.1, 0.15) is 10.7 Å². The number of piperidine rings is 1. The van der Waals surface area contributed by atoms with E-state index in [0.717, 1.165) is 24.8 Å². The fourth-order valence-electron chi connectivity index (χ4n) is 3.31. The van der Waals surface area contributed by atoms with Crippen molar-refractivity contribution >= 4 is 15.8 Å². The van der Waals surface area contributed by atoms with Crippen LogP contribution in [-0.2, 0) is 10.0 Å². The Labute approximate surface area is 150 Å². The summed E-state index contributed by atoms with van der Waals surface area (Å²) in [6.07, 6.45) is 4.56. The van der Waals surface area contributed by atoms with Crippen LogP contribution in [0.4, 0.5) is 5.82 Å². The van der Waals surface area contributed by atoms with Crippen molar-refractivity contribution < 1.29 is 8.42 Å². The molecule has 134 valence electrons. The predicted molar refractivity (Wildman–Crippen MR) is 100 cm³/mol. The average Bonchev–Trinajstić information content (AvgIpc) is 2.63. The topological polar surface area (TPSA) is 62.3 Å². The van der Waals surface area contributed by atoms with E-state index in [1.807, 2.05) is 19.1 Å². The second-order valence-corrected chi connectivity index (χ2v) is 8.44. The highest BCUT2D eigenvalue weighted by Crippen LogP contribution is 2.28. The van der Waals surface area contributed by atoms with Gasteiger partial charge in [-0.3, -0.25) is 0 Å². The molecule has 25 heavy (non-hydrogen) atoms. The molecule has 1 aromatic heterocycles. The van der Waals surface area contributed by atoms with E-state index in [1.54, 1.807) is 22.6 Å². The number of hydrogen-bond acceptors (Lipinski definition) is 4. The predicted octanol–water partition coefficient (Wildman–Crippen LogP) is 3.74. The highest BCUT2D eigenvalue weighted by molar-refractivity contribution is 7.89. The van der Waals surface area contributed by atoms with Crippen molar-refractivity contribution in [3.8, 4) is 0 Å². The van der Waals surface area contributed by atoms with Crippen LogP contribution in [-0.4, -0.2) is 30.8 Å². The van der Waals surface area contributed by atoms with Crippen LogP contribution in [0.3, 0.4) is 0 Å². The van der Waals surface area contributed by atoms with E-state index in [0.29, 0.717) is 18.9 Å². The van der Waals surface area contributed by atoms with Crippen LogP contribution in [0.1, 0.15) is 43.4 Å². The molecule has 0 amide bonds. The first-order valence-corrected chi connectivity index (χ1v) is 10.2. The zero-order valence-corrected chi connectivity index (χ0v) is 15.6. The molecule has 2 aromatic rings. The number of rotatable bonds is 5. The Hall–Kier alpha value is -1.92. The summed E-state index contributed by atoms with van der Waals surface area (Å²) in [5.41, 5.74) is 2.30. The zero-order valence-electron chi connectivity index (χ0n) is 14.8. The third-order valence-corrected chi connectivity index (χ3v) is 6.64. The van der Waals surface area contributed by atoms with Crippen molar-refractivity contribution in [2.75, 3.05) is 18.4 Å². The monoisotopic (exact) mass is 359 g/mol. The molecule has 1 atom stereocenters. The molecule has 1 aromatic carbocycles. The van der Waals surface area contributed by atoms with Gasteiger partial charge in [0.15, 0.2) is 0 Å². The number of sulfonamides is 1. The molecule has 6 heteroatoms. The lowest BCUT2D eigenvalue weighted by molar-refractivity contribution is 0.346. The number of nitrogens with one attached hydrogen (secondary N) is 1. The normalized spacial score (nSPS) is 17.2. The fourth-order valence-corrected chi connectivity index (χ4v) is 4.93. The molecule has 0 spiro atoms. The highest BCUT2D eigenvalue weighted by Gasteiger charge is 2.29. The molecule has 1 saturated heterocycles. The summed E-state index contributed by atoms with van der Waals surface area (Å²) < 4.78 is 27.7. The second kappa shape index (κ2) is 7.54. The number of hydrogen-bond donors (Lipinski definition) is 1. The minimum Gasteiger partial charge on any atom is -0.362 e. The Kier molecular flexibility index (Phi) is 5.39. The van der Waals surface area contributed by atoms with Gasteiger partial charge in [0, 0.05) is 19.3 Å². The SMILES string of the molecule is Cc1ccccc1[C@H](C)Nc1ncccc1S(=O)(=O)N1CCCCC1. The molecular weight excluding hydrogens is 334 g/mol. The summed E-state index contributed by atoms with van der Waals surface area (Å²) in [4.78, 5) is 4.58. The average molecular weight is 359 g/mol. The van der Waals surface area contributed by atoms with Crippen molar-refractivity contribution in [1.29, 1.82) is 0 Å². The van der Waals surface area contributed by atoms with Gasteiger partial charge in [-0.25, -0.2) is 13.4 Å². The Balaban J connectivity index is 1.90. The van der Waals surface area contributed by atoms with Gasteiger partial charge < -0.3 is 5.32 Å². The summed E-state index contributed by atoms with van der Waals surface area (Å²) >= 11 is 0. The van der Waals surface area contributed by atoms with Gasteiger partial charge in [0.05, 0.1) is 6.04 Å². The number of aromatic nitrogens is 1. The molecule has 0 saturated carbocycles. The maximum atomic E-state index is 13.0. The maximum absolute atomic E-state index is 13.0. The molecule has 1 aliphatic heterocycles. The first-order chi connectivity index (χ1) is 12.0. The van der Waals surface area contributed by atoms with Gasteiger partial charge in [-0.1, -0.05) is 30.7 Å². The molecule has 0 unspecified atom stereocenters. The van der Waals surface area contributed by atoms with Gasteiger partial charge in [-0.05, 0) is 49.9 Å². The molecule has 0 bridgehead atoms. The Morgan fingerprint density at radius 3 is 2.52 bits per heavy atom. The van der Waals surface area contributed by atoms with Crippen molar-refractivity contribution in [2.24, 2.45) is 0 Å². The zero-order chi connectivity index (χ0) is 17.9. The highest BCUT2D eigenvalue weighted by atomic mass is 32.2. The smallest absolute Gasteiger partial charge is 0.246 e. The van der Waals surface area contributed by atoms with E-state index >= 15 is 0 Å². The van der Waals surface area contributed by atoms with E-state index in [9.17, 15) is 8.42 Å². The van der Waals surface area contributed by atoms with Crippen LogP contribution in [0.5, 0.6) is 0 Å². The number of aryl methyl sites for hydroxylation is 1. The Morgan fingerprint density at radius 1 is 1.08 bits per heavy atom. The summed E-state index contributed by atoms with van der Waals surface area (Å²) in [6, 6.07) is 11.4. The van der Waals surface area contributed by atoms with Crippen LogP contribution in [0.2, 0.25) is 0 Å².